The molecule has 0 radical (unpaired) electrons. The highest BCUT2D eigenvalue weighted by Crippen LogP contribution is 2.33. The summed E-state index contributed by atoms with van der Waals surface area (Å²) >= 11 is 0. The summed E-state index contributed by atoms with van der Waals surface area (Å²) in [7, 11) is 0. The molecule has 3 rings (SSSR count). The minimum Gasteiger partial charge on any atom is -0.331 e. The van der Waals surface area contributed by atoms with Crippen molar-refractivity contribution in [3.63, 3.8) is 0 Å². The Labute approximate surface area is 125 Å². The highest BCUT2D eigenvalue weighted by atomic mass is 16.2. The number of nitrogens with zero attached hydrogens (tertiary/aromatic N) is 2. The molecule has 0 saturated heterocycles. The van der Waals surface area contributed by atoms with E-state index in [0.29, 0.717) is 5.56 Å². The van der Waals surface area contributed by atoms with Crippen LogP contribution in [-0.2, 0) is 6.42 Å². The summed E-state index contributed by atoms with van der Waals surface area (Å²) in [5.41, 5.74) is 4.64. The SMILES string of the molecule is CCC1c2ccc(C)cc2CCN1C(=O)c1cccnc1. The zero-order valence-electron chi connectivity index (χ0n) is 12.5. The predicted molar refractivity (Wildman–Crippen MR) is 83.2 cm³/mol. The van der Waals surface area contributed by atoms with Crippen LogP contribution in [0.1, 0.15) is 46.4 Å². The first-order valence-electron chi connectivity index (χ1n) is 7.51. The summed E-state index contributed by atoms with van der Waals surface area (Å²) in [4.78, 5) is 18.8. The van der Waals surface area contributed by atoms with Gasteiger partial charge in [0, 0.05) is 18.9 Å². The Morgan fingerprint density at radius 3 is 2.95 bits per heavy atom. The molecule has 1 aromatic carbocycles. The second kappa shape index (κ2) is 5.68. The number of fused-ring (bicyclic) bond motifs is 1. The molecule has 0 N–H and O–H groups in total. The lowest BCUT2D eigenvalue weighted by Gasteiger charge is -2.37. The molecule has 3 heteroatoms. The fourth-order valence-electron chi connectivity index (χ4n) is 3.18. The van der Waals surface area contributed by atoms with Gasteiger partial charge in [0.2, 0.25) is 0 Å². The summed E-state index contributed by atoms with van der Waals surface area (Å²) in [6.07, 6.45) is 5.21. The molecule has 1 atom stereocenters. The molecule has 1 aromatic heterocycles. The van der Waals surface area contributed by atoms with Crippen molar-refractivity contribution < 1.29 is 4.79 Å². The van der Waals surface area contributed by atoms with Gasteiger partial charge in [0.1, 0.15) is 0 Å². The average Bonchev–Trinajstić information content (AvgIpc) is 2.53. The molecule has 3 nitrogen and oxygen atoms in total. The molecular weight excluding hydrogens is 260 g/mol. The summed E-state index contributed by atoms with van der Waals surface area (Å²) in [6, 6.07) is 10.4. The zero-order chi connectivity index (χ0) is 14.8. The number of benzene rings is 1. The lowest BCUT2D eigenvalue weighted by atomic mass is 9.89. The molecule has 0 spiro atoms. The van der Waals surface area contributed by atoms with Crippen molar-refractivity contribution in [1.82, 2.24) is 9.88 Å². The summed E-state index contributed by atoms with van der Waals surface area (Å²) in [5, 5.41) is 0. The number of aryl methyl sites for hydroxylation is 1. The molecular formula is C18H20N2O. The van der Waals surface area contributed by atoms with E-state index in [0.717, 1.165) is 19.4 Å². The Kier molecular flexibility index (Phi) is 3.74. The number of hydrogen-bond acceptors (Lipinski definition) is 2. The molecule has 0 aliphatic carbocycles. The number of carbonyl (C=O) groups excluding carboxylic acids is 1. The van der Waals surface area contributed by atoms with E-state index in [-0.39, 0.29) is 11.9 Å². The van der Waals surface area contributed by atoms with Gasteiger partial charge >= 0.3 is 0 Å². The topological polar surface area (TPSA) is 33.2 Å². The zero-order valence-corrected chi connectivity index (χ0v) is 12.5. The number of pyridine rings is 1. The Morgan fingerprint density at radius 2 is 2.24 bits per heavy atom. The first-order chi connectivity index (χ1) is 10.2. The van der Waals surface area contributed by atoms with Crippen LogP contribution in [-0.4, -0.2) is 22.3 Å². The standard InChI is InChI=1S/C18H20N2O/c1-3-17-16-7-6-13(2)11-14(16)8-10-20(17)18(21)15-5-4-9-19-12-15/h4-7,9,11-12,17H,3,8,10H2,1-2H3. The highest BCUT2D eigenvalue weighted by molar-refractivity contribution is 5.94. The molecule has 1 aliphatic rings. The molecule has 108 valence electrons. The van der Waals surface area contributed by atoms with Crippen molar-refractivity contribution in [1.29, 1.82) is 0 Å². The van der Waals surface area contributed by atoms with Crippen LogP contribution < -0.4 is 0 Å². The molecule has 1 unspecified atom stereocenters. The van der Waals surface area contributed by atoms with Crippen LogP contribution in [0.4, 0.5) is 0 Å². The van der Waals surface area contributed by atoms with Crippen molar-refractivity contribution >= 4 is 5.91 Å². The normalized spacial score (nSPS) is 17.4. The van der Waals surface area contributed by atoms with Gasteiger partial charge in [-0.1, -0.05) is 30.7 Å². The van der Waals surface area contributed by atoms with E-state index in [2.05, 4.69) is 37.0 Å². The Morgan fingerprint density at radius 1 is 1.38 bits per heavy atom. The maximum Gasteiger partial charge on any atom is 0.255 e. The van der Waals surface area contributed by atoms with Crippen LogP contribution in [0.15, 0.2) is 42.7 Å². The third-order valence-electron chi connectivity index (χ3n) is 4.21. The fraction of sp³-hybridized carbons (Fsp3) is 0.333. The lowest BCUT2D eigenvalue weighted by Crippen LogP contribution is -2.39. The van der Waals surface area contributed by atoms with Gasteiger partial charge in [0.15, 0.2) is 0 Å². The molecule has 2 aromatic rings. The maximum absolute atomic E-state index is 12.7. The van der Waals surface area contributed by atoms with Crippen LogP contribution in [0.25, 0.3) is 0 Å². The third kappa shape index (κ3) is 2.56. The number of hydrogen-bond donors (Lipinski definition) is 0. The first kappa shape index (κ1) is 13.8. The van der Waals surface area contributed by atoms with Gasteiger partial charge in [-0.25, -0.2) is 0 Å². The van der Waals surface area contributed by atoms with Gasteiger partial charge < -0.3 is 4.90 Å². The molecule has 0 fully saturated rings. The smallest absolute Gasteiger partial charge is 0.255 e. The maximum atomic E-state index is 12.7. The molecule has 1 amide bonds. The van der Waals surface area contributed by atoms with Crippen molar-refractivity contribution in [2.24, 2.45) is 0 Å². The van der Waals surface area contributed by atoms with Crippen LogP contribution in [0.3, 0.4) is 0 Å². The quantitative estimate of drug-likeness (QED) is 0.843. The molecule has 0 bridgehead atoms. The monoisotopic (exact) mass is 280 g/mol. The van der Waals surface area contributed by atoms with Crippen molar-refractivity contribution in [2.75, 3.05) is 6.54 Å². The van der Waals surface area contributed by atoms with Gasteiger partial charge in [-0.2, -0.15) is 0 Å². The third-order valence-corrected chi connectivity index (χ3v) is 4.21. The van der Waals surface area contributed by atoms with Gasteiger partial charge in [0.25, 0.3) is 5.91 Å². The summed E-state index contributed by atoms with van der Waals surface area (Å²) in [6.45, 7) is 5.04. The van der Waals surface area contributed by atoms with E-state index >= 15 is 0 Å². The molecule has 0 saturated carbocycles. The van der Waals surface area contributed by atoms with Crippen LogP contribution >= 0.6 is 0 Å². The minimum absolute atomic E-state index is 0.0844. The van der Waals surface area contributed by atoms with Crippen molar-refractivity contribution in [3.05, 3.63) is 65.0 Å². The Bertz CT molecular complexity index is 652. The number of carbonyl (C=O) groups is 1. The van der Waals surface area contributed by atoms with Crippen molar-refractivity contribution in [3.8, 4) is 0 Å². The van der Waals surface area contributed by atoms with Gasteiger partial charge in [-0.05, 0) is 43.0 Å². The van der Waals surface area contributed by atoms with E-state index in [4.69, 9.17) is 0 Å². The van der Waals surface area contributed by atoms with Gasteiger partial charge in [-0.15, -0.1) is 0 Å². The van der Waals surface area contributed by atoms with E-state index in [1.54, 1.807) is 12.4 Å². The average molecular weight is 280 g/mol. The summed E-state index contributed by atoms with van der Waals surface area (Å²) < 4.78 is 0. The predicted octanol–water partition coefficient (Wildman–Crippen LogP) is 3.54. The van der Waals surface area contributed by atoms with E-state index in [1.165, 1.54) is 16.7 Å². The number of amides is 1. The number of aromatic nitrogens is 1. The van der Waals surface area contributed by atoms with Crippen LogP contribution in [0.2, 0.25) is 0 Å². The van der Waals surface area contributed by atoms with Gasteiger partial charge in [0.05, 0.1) is 11.6 Å². The second-order valence-electron chi connectivity index (χ2n) is 5.62. The molecule has 2 heterocycles. The van der Waals surface area contributed by atoms with Crippen molar-refractivity contribution in [2.45, 2.75) is 32.7 Å². The van der Waals surface area contributed by atoms with Gasteiger partial charge in [-0.3, -0.25) is 9.78 Å². The van der Waals surface area contributed by atoms with E-state index < -0.39 is 0 Å². The minimum atomic E-state index is 0.0844. The Hall–Kier alpha value is -2.16. The lowest BCUT2D eigenvalue weighted by molar-refractivity contribution is 0.0655. The second-order valence-corrected chi connectivity index (χ2v) is 5.62. The first-order valence-corrected chi connectivity index (χ1v) is 7.51. The van der Waals surface area contributed by atoms with Crippen LogP contribution in [0, 0.1) is 6.92 Å². The summed E-state index contributed by atoms with van der Waals surface area (Å²) in [5.74, 6) is 0.0844. The van der Waals surface area contributed by atoms with E-state index in [1.807, 2.05) is 17.0 Å². The van der Waals surface area contributed by atoms with Crippen LogP contribution in [0.5, 0.6) is 0 Å². The number of rotatable bonds is 2. The molecule has 1 aliphatic heterocycles. The van der Waals surface area contributed by atoms with E-state index in [9.17, 15) is 4.79 Å². The fourth-order valence-corrected chi connectivity index (χ4v) is 3.18. The Balaban J connectivity index is 1.94. The largest absolute Gasteiger partial charge is 0.331 e. The molecule has 21 heavy (non-hydrogen) atoms. The highest BCUT2D eigenvalue weighted by Gasteiger charge is 2.30.